The third-order valence-corrected chi connectivity index (χ3v) is 3.11. The lowest BCUT2D eigenvalue weighted by molar-refractivity contribution is 0.0696. The second-order valence-corrected chi connectivity index (χ2v) is 4.86. The zero-order valence-corrected chi connectivity index (χ0v) is 12.5. The van der Waals surface area contributed by atoms with Crippen LogP contribution in [0.5, 0.6) is 11.5 Å². The van der Waals surface area contributed by atoms with Crippen LogP contribution in [-0.4, -0.2) is 30.6 Å². The standard InChI is InChI=1S/C16H13ClO5/c1-21-13-6-11(16(19)20)7-14(8-13)22-9-15(18)10-3-2-4-12(17)5-10/h2-8H,9H2,1H3,(H,19,20). The topological polar surface area (TPSA) is 72.8 Å². The Hall–Kier alpha value is -2.53. The van der Waals surface area contributed by atoms with Crippen LogP contribution in [0.3, 0.4) is 0 Å². The number of halogens is 1. The molecular weight excluding hydrogens is 308 g/mol. The van der Waals surface area contributed by atoms with Gasteiger partial charge < -0.3 is 14.6 Å². The average molecular weight is 321 g/mol. The van der Waals surface area contributed by atoms with Crippen LogP contribution < -0.4 is 9.47 Å². The van der Waals surface area contributed by atoms with Gasteiger partial charge in [-0.25, -0.2) is 4.79 Å². The molecule has 0 bridgehead atoms. The lowest BCUT2D eigenvalue weighted by Gasteiger charge is -2.09. The van der Waals surface area contributed by atoms with Gasteiger partial charge in [0.2, 0.25) is 0 Å². The molecule has 5 nitrogen and oxygen atoms in total. The van der Waals surface area contributed by atoms with E-state index >= 15 is 0 Å². The summed E-state index contributed by atoms with van der Waals surface area (Å²) in [7, 11) is 1.42. The summed E-state index contributed by atoms with van der Waals surface area (Å²) in [5.41, 5.74) is 0.443. The molecular formula is C16H13ClO5. The van der Waals surface area contributed by atoms with Gasteiger partial charge >= 0.3 is 5.97 Å². The Labute approximate surface area is 132 Å². The summed E-state index contributed by atoms with van der Waals surface area (Å²) >= 11 is 5.83. The monoisotopic (exact) mass is 320 g/mol. The highest BCUT2D eigenvalue weighted by Gasteiger charge is 2.11. The van der Waals surface area contributed by atoms with E-state index in [0.29, 0.717) is 16.3 Å². The number of hydrogen-bond donors (Lipinski definition) is 1. The zero-order chi connectivity index (χ0) is 16.1. The Morgan fingerprint density at radius 2 is 1.82 bits per heavy atom. The molecule has 2 aromatic carbocycles. The summed E-state index contributed by atoms with van der Waals surface area (Å²) in [4.78, 5) is 23.0. The van der Waals surface area contributed by atoms with E-state index in [4.69, 9.17) is 26.2 Å². The van der Waals surface area contributed by atoms with Gasteiger partial charge in [0, 0.05) is 16.7 Å². The van der Waals surface area contributed by atoms with Gasteiger partial charge in [0.15, 0.2) is 12.4 Å². The van der Waals surface area contributed by atoms with Crippen LogP contribution in [0.4, 0.5) is 0 Å². The van der Waals surface area contributed by atoms with E-state index in [9.17, 15) is 9.59 Å². The number of methoxy groups -OCH3 is 1. The van der Waals surface area contributed by atoms with E-state index in [2.05, 4.69) is 0 Å². The fourth-order valence-corrected chi connectivity index (χ4v) is 1.98. The molecule has 0 radical (unpaired) electrons. The zero-order valence-electron chi connectivity index (χ0n) is 11.7. The first kappa shape index (κ1) is 15.9. The lowest BCUT2D eigenvalue weighted by Crippen LogP contribution is -2.12. The highest BCUT2D eigenvalue weighted by Crippen LogP contribution is 2.23. The molecule has 0 heterocycles. The second-order valence-electron chi connectivity index (χ2n) is 4.42. The summed E-state index contributed by atoms with van der Waals surface area (Å²) in [6.45, 7) is -0.230. The Morgan fingerprint density at radius 1 is 1.09 bits per heavy atom. The van der Waals surface area contributed by atoms with Crippen molar-refractivity contribution in [3.63, 3.8) is 0 Å². The van der Waals surface area contributed by atoms with Gasteiger partial charge in [0.25, 0.3) is 0 Å². The Morgan fingerprint density at radius 3 is 2.45 bits per heavy atom. The van der Waals surface area contributed by atoms with Crippen LogP contribution in [0, 0.1) is 0 Å². The molecule has 2 aromatic rings. The minimum absolute atomic E-state index is 0.0181. The summed E-state index contributed by atoms with van der Waals surface area (Å²) in [6.07, 6.45) is 0. The quantitative estimate of drug-likeness (QED) is 0.827. The number of carboxylic acids is 1. The molecule has 0 fully saturated rings. The van der Waals surface area contributed by atoms with Gasteiger partial charge in [-0.15, -0.1) is 0 Å². The molecule has 0 amide bonds. The van der Waals surface area contributed by atoms with Crippen LogP contribution in [0.15, 0.2) is 42.5 Å². The van der Waals surface area contributed by atoms with Crippen LogP contribution in [-0.2, 0) is 0 Å². The van der Waals surface area contributed by atoms with Gasteiger partial charge in [-0.2, -0.15) is 0 Å². The smallest absolute Gasteiger partial charge is 0.335 e. The first-order valence-corrected chi connectivity index (χ1v) is 6.71. The largest absolute Gasteiger partial charge is 0.497 e. The van der Waals surface area contributed by atoms with E-state index in [1.807, 2.05) is 0 Å². The van der Waals surface area contributed by atoms with Crippen LogP contribution >= 0.6 is 11.6 Å². The van der Waals surface area contributed by atoms with Crippen molar-refractivity contribution in [2.24, 2.45) is 0 Å². The van der Waals surface area contributed by atoms with Crippen molar-refractivity contribution in [1.82, 2.24) is 0 Å². The predicted octanol–water partition coefficient (Wildman–Crippen LogP) is 3.31. The maximum Gasteiger partial charge on any atom is 0.335 e. The van der Waals surface area contributed by atoms with E-state index in [0.717, 1.165) is 0 Å². The van der Waals surface area contributed by atoms with E-state index in [1.54, 1.807) is 24.3 Å². The van der Waals surface area contributed by atoms with Crippen LogP contribution in [0.25, 0.3) is 0 Å². The highest BCUT2D eigenvalue weighted by atomic mass is 35.5. The predicted molar refractivity (Wildman–Crippen MR) is 81.2 cm³/mol. The van der Waals surface area contributed by atoms with E-state index < -0.39 is 5.97 Å². The lowest BCUT2D eigenvalue weighted by atomic mass is 10.1. The van der Waals surface area contributed by atoms with Crippen molar-refractivity contribution in [2.45, 2.75) is 0 Å². The van der Waals surface area contributed by atoms with Crippen molar-refractivity contribution < 1.29 is 24.2 Å². The number of ketones is 1. The van der Waals surface area contributed by atoms with Crippen molar-refractivity contribution in [3.05, 3.63) is 58.6 Å². The Bertz CT molecular complexity index is 711. The fraction of sp³-hybridized carbons (Fsp3) is 0.125. The molecule has 0 aromatic heterocycles. The summed E-state index contributed by atoms with van der Waals surface area (Å²) < 4.78 is 10.4. The molecule has 0 spiro atoms. The molecule has 0 aliphatic heterocycles. The molecule has 114 valence electrons. The van der Waals surface area contributed by atoms with Gasteiger partial charge in [-0.1, -0.05) is 23.7 Å². The number of aromatic carboxylic acids is 1. The molecule has 0 aliphatic carbocycles. The minimum atomic E-state index is -1.11. The number of carbonyl (C=O) groups is 2. The number of ether oxygens (including phenoxy) is 2. The van der Waals surface area contributed by atoms with Gasteiger partial charge in [-0.05, 0) is 24.3 Å². The number of Topliss-reactive ketones (excluding diaryl/α,β-unsaturated/α-hetero) is 1. The van der Waals surface area contributed by atoms with E-state index in [1.165, 1.54) is 25.3 Å². The molecule has 0 saturated heterocycles. The maximum atomic E-state index is 12.0. The third kappa shape index (κ3) is 3.99. The normalized spacial score (nSPS) is 10.1. The molecule has 0 aliphatic rings. The van der Waals surface area contributed by atoms with Crippen molar-refractivity contribution in [2.75, 3.05) is 13.7 Å². The van der Waals surface area contributed by atoms with Gasteiger partial charge in [0.05, 0.1) is 12.7 Å². The first-order valence-electron chi connectivity index (χ1n) is 6.33. The van der Waals surface area contributed by atoms with Crippen LogP contribution in [0.1, 0.15) is 20.7 Å². The van der Waals surface area contributed by atoms with Crippen molar-refractivity contribution >= 4 is 23.4 Å². The van der Waals surface area contributed by atoms with Crippen molar-refractivity contribution in [3.8, 4) is 11.5 Å². The number of benzene rings is 2. The Kier molecular flexibility index (Phi) is 5.01. The molecule has 1 N–H and O–H groups in total. The number of carboxylic acid groups (broad SMARTS) is 1. The second kappa shape index (κ2) is 6.95. The first-order chi connectivity index (χ1) is 10.5. The number of rotatable bonds is 6. The SMILES string of the molecule is COc1cc(OCC(=O)c2cccc(Cl)c2)cc(C(=O)O)c1. The molecule has 0 unspecified atom stereocenters. The molecule has 0 saturated carbocycles. The van der Waals surface area contributed by atoms with E-state index in [-0.39, 0.29) is 23.7 Å². The molecule has 0 atom stereocenters. The molecule has 22 heavy (non-hydrogen) atoms. The maximum absolute atomic E-state index is 12.0. The van der Waals surface area contributed by atoms with Gasteiger partial charge in [0.1, 0.15) is 11.5 Å². The summed E-state index contributed by atoms with van der Waals surface area (Å²) in [6, 6.07) is 10.7. The third-order valence-electron chi connectivity index (χ3n) is 2.88. The molecule has 6 heteroatoms. The minimum Gasteiger partial charge on any atom is -0.497 e. The van der Waals surface area contributed by atoms with Crippen molar-refractivity contribution in [1.29, 1.82) is 0 Å². The van der Waals surface area contributed by atoms with Crippen LogP contribution in [0.2, 0.25) is 5.02 Å². The van der Waals surface area contributed by atoms with Gasteiger partial charge in [-0.3, -0.25) is 4.79 Å². The average Bonchev–Trinajstić information content (AvgIpc) is 2.52. The fourth-order valence-electron chi connectivity index (χ4n) is 1.79. The Balaban J connectivity index is 2.12. The summed E-state index contributed by atoms with van der Waals surface area (Å²) in [5.74, 6) is -0.788. The summed E-state index contributed by atoms with van der Waals surface area (Å²) in [5, 5.41) is 9.48. The molecule has 2 rings (SSSR count). The number of hydrogen-bond acceptors (Lipinski definition) is 4. The highest BCUT2D eigenvalue weighted by molar-refractivity contribution is 6.31. The number of carbonyl (C=O) groups excluding carboxylic acids is 1.